The molecule has 0 amide bonds. The first-order valence-corrected chi connectivity index (χ1v) is 5.93. The lowest BCUT2D eigenvalue weighted by molar-refractivity contribution is 0.318. The molecule has 2 heterocycles. The maximum absolute atomic E-state index is 8.67. The lowest BCUT2D eigenvalue weighted by Crippen LogP contribution is -2.18. The monoisotopic (exact) mass is 248 g/mol. The Morgan fingerprint density at radius 3 is 3.12 bits per heavy atom. The van der Waals surface area contributed by atoms with E-state index in [9.17, 15) is 0 Å². The van der Waals surface area contributed by atoms with Crippen LogP contribution in [-0.4, -0.2) is 16.0 Å². The fourth-order valence-corrected chi connectivity index (χ4v) is 2.03. The average molecular weight is 248 g/mol. The zero-order chi connectivity index (χ0) is 12.1. The van der Waals surface area contributed by atoms with E-state index in [0.29, 0.717) is 12.2 Å². The number of anilines is 1. The molecule has 88 valence electrons. The number of nitrogens with zero attached hydrogens (tertiary/aromatic N) is 2. The van der Waals surface area contributed by atoms with Crippen molar-refractivity contribution in [1.82, 2.24) is 4.98 Å². The SMILES string of the molecule is NC(=NO)c1ncccc1CNc1ccsc1. The van der Waals surface area contributed by atoms with E-state index in [0.717, 1.165) is 11.3 Å². The number of oxime groups is 1. The van der Waals surface area contributed by atoms with Gasteiger partial charge < -0.3 is 16.3 Å². The fourth-order valence-electron chi connectivity index (χ4n) is 1.42. The standard InChI is InChI=1S/C11H12N4OS/c12-11(15-16)10-8(2-1-4-13-10)6-14-9-3-5-17-7-9/h1-5,7,14,16H,6H2,(H2,12,15). The van der Waals surface area contributed by atoms with Gasteiger partial charge in [-0.3, -0.25) is 4.98 Å². The molecule has 0 unspecified atom stereocenters. The number of nitrogens with one attached hydrogen (secondary N) is 1. The van der Waals surface area contributed by atoms with Gasteiger partial charge in [0.15, 0.2) is 5.84 Å². The van der Waals surface area contributed by atoms with Crippen LogP contribution in [0.2, 0.25) is 0 Å². The van der Waals surface area contributed by atoms with Crippen LogP contribution in [-0.2, 0) is 6.54 Å². The summed E-state index contributed by atoms with van der Waals surface area (Å²) < 4.78 is 0. The van der Waals surface area contributed by atoms with E-state index >= 15 is 0 Å². The van der Waals surface area contributed by atoms with E-state index in [1.807, 2.05) is 29.0 Å². The van der Waals surface area contributed by atoms with Crippen LogP contribution in [0.3, 0.4) is 0 Å². The number of nitrogens with two attached hydrogens (primary N) is 1. The Balaban J connectivity index is 2.15. The molecule has 0 aliphatic heterocycles. The number of thiophene rings is 1. The molecule has 0 saturated heterocycles. The molecule has 0 radical (unpaired) electrons. The van der Waals surface area contributed by atoms with Crippen molar-refractivity contribution >= 4 is 22.9 Å². The number of amidine groups is 1. The average Bonchev–Trinajstić information content (AvgIpc) is 2.89. The molecule has 5 nitrogen and oxygen atoms in total. The molecule has 2 aromatic heterocycles. The van der Waals surface area contributed by atoms with Crippen LogP contribution in [0, 0.1) is 0 Å². The largest absolute Gasteiger partial charge is 0.409 e. The van der Waals surface area contributed by atoms with Gasteiger partial charge in [0.05, 0.1) is 0 Å². The molecule has 4 N–H and O–H groups in total. The van der Waals surface area contributed by atoms with Gasteiger partial charge in [-0.1, -0.05) is 11.2 Å². The first-order chi connectivity index (χ1) is 8.31. The van der Waals surface area contributed by atoms with Crippen molar-refractivity contribution in [3.8, 4) is 0 Å². The third-order valence-electron chi connectivity index (χ3n) is 2.25. The Morgan fingerprint density at radius 2 is 2.41 bits per heavy atom. The summed E-state index contributed by atoms with van der Waals surface area (Å²) in [6.07, 6.45) is 1.61. The molecule has 0 fully saturated rings. The Morgan fingerprint density at radius 1 is 1.53 bits per heavy atom. The molecule has 0 aromatic carbocycles. The molecular weight excluding hydrogens is 236 g/mol. The van der Waals surface area contributed by atoms with Crippen LogP contribution < -0.4 is 11.1 Å². The summed E-state index contributed by atoms with van der Waals surface area (Å²) in [6.45, 7) is 0.579. The fraction of sp³-hybridized carbons (Fsp3) is 0.0909. The second-order valence-corrected chi connectivity index (χ2v) is 4.14. The van der Waals surface area contributed by atoms with E-state index in [4.69, 9.17) is 10.9 Å². The lowest BCUT2D eigenvalue weighted by atomic mass is 10.2. The maximum atomic E-state index is 8.67. The van der Waals surface area contributed by atoms with Crippen LogP contribution in [0.5, 0.6) is 0 Å². The first kappa shape index (κ1) is 11.4. The quantitative estimate of drug-likeness (QED) is 0.334. The van der Waals surface area contributed by atoms with Crippen molar-refractivity contribution in [3.63, 3.8) is 0 Å². The first-order valence-electron chi connectivity index (χ1n) is 4.99. The van der Waals surface area contributed by atoms with Crippen molar-refractivity contribution < 1.29 is 5.21 Å². The Hall–Kier alpha value is -2.08. The molecule has 17 heavy (non-hydrogen) atoms. The van der Waals surface area contributed by atoms with Gasteiger partial charge in [0.2, 0.25) is 0 Å². The Kier molecular flexibility index (Phi) is 3.56. The molecule has 0 bridgehead atoms. The predicted molar refractivity (Wildman–Crippen MR) is 68.4 cm³/mol. The van der Waals surface area contributed by atoms with Crippen LogP contribution >= 0.6 is 11.3 Å². The summed E-state index contributed by atoms with van der Waals surface area (Å²) in [4.78, 5) is 4.10. The Labute approximate surface area is 103 Å². The molecule has 0 atom stereocenters. The second-order valence-electron chi connectivity index (χ2n) is 3.36. The van der Waals surface area contributed by atoms with Crippen molar-refractivity contribution in [1.29, 1.82) is 0 Å². The van der Waals surface area contributed by atoms with E-state index in [2.05, 4.69) is 15.5 Å². The minimum absolute atomic E-state index is 0.0210. The smallest absolute Gasteiger partial charge is 0.189 e. The van der Waals surface area contributed by atoms with E-state index in [1.54, 1.807) is 17.5 Å². The predicted octanol–water partition coefficient (Wildman–Crippen LogP) is 1.85. The van der Waals surface area contributed by atoms with Gasteiger partial charge >= 0.3 is 0 Å². The zero-order valence-corrected chi connectivity index (χ0v) is 9.81. The minimum Gasteiger partial charge on any atom is -0.409 e. The summed E-state index contributed by atoms with van der Waals surface area (Å²) in [5, 5.41) is 18.9. The van der Waals surface area contributed by atoms with Crippen LogP contribution in [0.25, 0.3) is 0 Å². The number of hydrogen-bond donors (Lipinski definition) is 3. The molecule has 2 aromatic rings. The Bertz CT molecular complexity index is 510. The van der Waals surface area contributed by atoms with Gasteiger partial charge in [-0.2, -0.15) is 11.3 Å². The number of rotatable bonds is 4. The molecule has 0 saturated carbocycles. The number of pyridine rings is 1. The highest BCUT2D eigenvalue weighted by Crippen LogP contribution is 2.14. The van der Waals surface area contributed by atoms with Gasteiger partial charge in [0.25, 0.3) is 0 Å². The van der Waals surface area contributed by atoms with Crippen LogP contribution in [0.1, 0.15) is 11.3 Å². The number of aromatic nitrogens is 1. The molecule has 0 aliphatic rings. The second kappa shape index (κ2) is 5.31. The highest BCUT2D eigenvalue weighted by molar-refractivity contribution is 7.08. The van der Waals surface area contributed by atoms with Crippen LogP contribution in [0.15, 0.2) is 40.3 Å². The summed E-state index contributed by atoms with van der Waals surface area (Å²) >= 11 is 1.62. The minimum atomic E-state index is 0.0210. The molecule has 0 spiro atoms. The third kappa shape index (κ3) is 2.73. The number of hydrogen-bond acceptors (Lipinski definition) is 5. The van der Waals surface area contributed by atoms with Gasteiger partial charge in [-0.25, -0.2) is 0 Å². The summed E-state index contributed by atoms with van der Waals surface area (Å²) in [5.41, 5.74) is 7.98. The van der Waals surface area contributed by atoms with Gasteiger partial charge in [-0.05, 0) is 17.5 Å². The molecule has 6 heteroatoms. The molecular formula is C11H12N4OS. The van der Waals surface area contributed by atoms with E-state index in [1.165, 1.54) is 0 Å². The van der Waals surface area contributed by atoms with Crippen molar-refractivity contribution in [2.45, 2.75) is 6.54 Å². The van der Waals surface area contributed by atoms with Crippen LogP contribution in [0.4, 0.5) is 5.69 Å². The topological polar surface area (TPSA) is 83.5 Å². The highest BCUT2D eigenvalue weighted by Gasteiger charge is 2.07. The van der Waals surface area contributed by atoms with Gasteiger partial charge in [0, 0.05) is 29.4 Å². The normalized spacial score (nSPS) is 11.4. The van der Waals surface area contributed by atoms with Crippen molar-refractivity contribution in [2.24, 2.45) is 10.9 Å². The third-order valence-corrected chi connectivity index (χ3v) is 2.93. The summed E-state index contributed by atoms with van der Waals surface area (Å²) in [5.74, 6) is 0.0210. The molecule has 0 aliphatic carbocycles. The van der Waals surface area contributed by atoms with E-state index < -0.39 is 0 Å². The van der Waals surface area contributed by atoms with Gasteiger partial charge in [-0.15, -0.1) is 0 Å². The summed E-state index contributed by atoms with van der Waals surface area (Å²) in [7, 11) is 0. The van der Waals surface area contributed by atoms with E-state index in [-0.39, 0.29) is 5.84 Å². The van der Waals surface area contributed by atoms with Crippen molar-refractivity contribution in [3.05, 3.63) is 46.4 Å². The lowest BCUT2D eigenvalue weighted by Gasteiger charge is -2.08. The zero-order valence-electron chi connectivity index (χ0n) is 9.00. The highest BCUT2D eigenvalue weighted by atomic mass is 32.1. The van der Waals surface area contributed by atoms with Gasteiger partial charge in [0.1, 0.15) is 5.69 Å². The maximum Gasteiger partial charge on any atom is 0.189 e. The van der Waals surface area contributed by atoms with Crippen molar-refractivity contribution in [2.75, 3.05) is 5.32 Å². The molecule has 2 rings (SSSR count). The summed E-state index contributed by atoms with van der Waals surface area (Å²) in [6, 6.07) is 5.70.